The molecule has 3 heterocycles. The molecule has 0 saturated carbocycles. The molecule has 0 aliphatic heterocycles. The third-order valence-electron chi connectivity index (χ3n) is 1.91. The van der Waals surface area contributed by atoms with E-state index in [0.717, 1.165) is 0 Å². The highest BCUT2D eigenvalue weighted by molar-refractivity contribution is 5.34. The van der Waals surface area contributed by atoms with Crippen LogP contribution in [-0.4, -0.2) is 58.4 Å². The van der Waals surface area contributed by atoms with Gasteiger partial charge in [-0.05, 0) is 26.0 Å². The molecular weight excluding hydrogens is 306 g/mol. The molecule has 3 rings (SSSR count). The zero-order valence-electron chi connectivity index (χ0n) is 12.9. The predicted octanol–water partition coefficient (Wildman–Crippen LogP) is -1.20. The number of aryl methyl sites for hydroxylation is 2. The number of tetrazole rings is 2. The van der Waals surface area contributed by atoms with Gasteiger partial charge in [0.2, 0.25) is 0 Å². The number of hydrogen-bond donors (Lipinski definition) is 3. The highest BCUT2D eigenvalue weighted by Crippen LogP contribution is 1.95. The molecule has 0 fully saturated rings. The van der Waals surface area contributed by atoms with Crippen molar-refractivity contribution in [1.82, 2.24) is 51.4 Å². The fourth-order valence-electron chi connectivity index (χ4n) is 1.03. The topological polar surface area (TPSA) is 171 Å². The van der Waals surface area contributed by atoms with Gasteiger partial charge >= 0.3 is 5.76 Å². The lowest BCUT2D eigenvalue weighted by molar-refractivity contribution is 0.383. The van der Waals surface area contributed by atoms with Gasteiger partial charge in [0.25, 0.3) is 5.95 Å². The van der Waals surface area contributed by atoms with Gasteiger partial charge in [-0.1, -0.05) is 21.4 Å². The number of nitrogens with zero attached hydrogens (tertiary/aromatic N) is 8. The largest absolute Gasteiger partial charge is 0.438 e. The van der Waals surface area contributed by atoms with Crippen LogP contribution in [-0.2, 0) is 0 Å². The Balaban J connectivity index is 0.000000179. The van der Waals surface area contributed by atoms with Gasteiger partial charge < -0.3 is 0 Å². The van der Waals surface area contributed by atoms with E-state index in [4.69, 9.17) is 0 Å². The first-order chi connectivity index (χ1) is 11.0. The normalized spacial score (nSPS) is 8.70. The molecule has 0 aromatic carbocycles. The van der Waals surface area contributed by atoms with Crippen molar-refractivity contribution in [3.8, 4) is 12.0 Å². The van der Waals surface area contributed by atoms with E-state index >= 15 is 0 Å². The molecule has 122 valence electrons. The molecule has 0 bridgehead atoms. The van der Waals surface area contributed by atoms with E-state index in [1.165, 1.54) is 0 Å². The van der Waals surface area contributed by atoms with Crippen LogP contribution in [0.25, 0.3) is 0 Å². The average Bonchev–Trinajstić information content (AvgIpc) is 3.24. The third kappa shape index (κ3) is 7.13. The van der Waals surface area contributed by atoms with Crippen LogP contribution in [0.2, 0.25) is 0 Å². The van der Waals surface area contributed by atoms with Crippen LogP contribution in [0.4, 0.5) is 5.95 Å². The SMILES string of the molecule is CC#CN(C)c1nn[nH]n1.Cc1nn[nH]n1.Cc1noc(=O)[nH]1. The fraction of sp³-hybridized carbons (Fsp3) is 0.400. The van der Waals surface area contributed by atoms with Gasteiger partial charge in [-0.2, -0.15) is 10.4 Å². The first-order valence-corrected chi connectivity index (χ1v) is 6.15. The summed E-state index contributed by atoms with van der Waals surface area (Å²) < 4.78 is 4.10. The number of aromatic amines is 3. The molecule has 0 atom stereocenters. The van der Waals surface area contributed by atoms with Crippen molar-refractivity contribution in [3.05, 3.63) is 22.2 Å². The molecule has 13 heteroatoms. The Morgan fingerprint density at radius 2 is 1.83 bits per heavy atom. The van der Waals surface area contributed by atoms with Gasteiger partial charge in [0.05, 0.1) is 0 Å². The predicted molar refractivity (Wildman–Crippen MR) is 76.8 cm³/mol. The Labute approximate surface area is 129 Å². The first-order valence-electron chi connectivity index (χ1n) is 6.15. The van der Waals surface area contributed by atoms with E-state index in [1.54, 1.807) is 32.7 Å². The summed E-state index contributed by atoms with van der Waals surface area (Å²) in [4.78, 5) is 13.9. The van der Waals surface area contributed by atoms with E-state index in [9.17, 15) is 4.79 Å². The molecule has 23 heavy (non-hydrogen) atoms. The molecule has 0 amide bonds. The minimum absolute atomic E-state index is 0.481. The van der Waals surface area contributed by atoms with Crippen LogP contribution in [0.5, 0.6) is 0 Å². The van der Waals surface area contributed by atoms with Crippen LogP contribution in [0.1, 0.15) is 18.6 Å². The number of anilines is 1. The molecule has 0 unspecified atom stereocenters. The van der Waals surface area contributed by atoms with Crippen LogP contribution in [0.15, 0.2) is 9.32 Å². The van der Waals surface area contributed by atoms with Crippen molar-refractivity contribution in [1.29, 1.82) is 0 Å². The Morgan fingerprint density at radius 3 is 2.13 bits per heavy atom. The summed E-state index contributed by atoms with van der Waals surface area (Å²) in [5.41, 5.74) is 0. The summed E-state index contributed by atoms with van der Waals surface area (Å²) in [6.45, 7) is 5.16. The van der Waals surface area contributed by atoms with Gasteiger partial charge in [-0.15, -0.1) is 15.3 Å². The summed E-state index contributed by atoms with van der Waals surface area (Å²) in [6, 6.07) is 2.75. The molecule has 0 spiro atoms. The number of aromatic nitrogens is 10. The fourth-order valence-corrected chi connectivity index (χ4v) is 1.03. The maximum absolute atomic E-state index is 10.0. The van der Waals surface area contributed by atoms with E-state index in [-0.39, 0.29) is 0 Å². The van der Waals surface area contributed by atoms with Crippen molar-refractivity contribution in [2.24, 2.45) is 0 Å². The number of H-pyrrole nitrogens is 3. The lowest BCUT2D eigenvalue weighted by atomic mass is 10.7. The average molecular weight is 321 g/mol. The summed E-state index contributed by atoms with van der Waals surface area (Å²) in [7, 11) is 1.77. The highest BCUT2D eigenvalue weighted by Gasteiger charge is 1.99. The third-order valence-corrected chi connectivity index (χ3v) is 1.91. The zero-order valence-corrected chi connectivity index (χ0v) is 12.9. The lowest BCUT2D eigenvalue weighted by Gasteiger charge is -2.00. The molecule has 3 aromatic heterocycles. The Hall–Kier alpha value is -3.56. The standard InChI is InChI=1S/C5H7N5.C3H4N2O2.C2H4N4/c1-3-4-10(2)5-6-8-9-7-5;1-2-4-3(6)7-5-2;1-2-3-5-6-4-2/h1-2H3,(H,6,7,8,9);1H3,(H,4,5,6);1H3,(H,3,4,5,6). The van der Waals surface area contributed by atoms with Crippen molar-refractivity contribution in [3.63, 3.8) is 0 Å². The van der Waals surface area contributed by atoms with Crippen molar-refractivity contribution in [2.75, 3.05) is 11.9 Å². The zero-order chi connectivity index (χ0) is 17.1. The lowest BCUT2D eigenvalue weighted by Crippen LogP contribution is -2.10. The van der Waals surface area contributed by atoms with Crippen LogP contribution < -0.4 is 10.7 Å². The molecule has 3 N–H and O–H groups in total. The molecule has 13 nitrogen and oxygen atoms in total. The van der Waals surface area contributed by atoms with E-state index in [2.05, 4.69) is 67.9 Å². The van der Waals surface area contributed by atoms with Crippen molar-refractivity contribution in [2.45, 2.75) is 20.8 Å². The van der Waals surface area contributed by atoms with Gasteiger partial charge in [0.1, 0.15) is 5.82 Å². The van der Waals surface area contributed by atoms with Crippen LogP contribution >= 0.6 is 0 Å². The summed E-state index contributed by atoms with van der Waals surface area (Å²) in [6.07, 6.45) is 0. The monoisotopic (exact) mass is 321 g/mol. The smallest absolute Gasteiger partial charge is 0.296 e. The van der Waals surface area contributed by atoms with E-state index < -0.39 is 5.76 Å². The second-order valence-corrected chi connectivity index (χ2v) is 3.77. The maximum Gasteiger partial charge on any atom is 0.438 e. The number of nitrogens with one attached hydrogen (secondary N) is 3. The van der Waals surface area contributed by atoms with Crippen LogP contribution in [0.3, 0.4) is 0 Å². The molecule has 3 aromatic rings. The van der Waals surface area contributed by atoms with Gasteiger partial charge in [0, 0.05) is 13.1 Å². The molecule has 0 aliphatic rings. The number of rotatable bonds is 1. The summed E-state index contributed by atoms with van der Waals surface area (Å²) in [5, 5.41) is 29.1. The van der Waals surface area contributed by atoms with Gasteiger partial charge in [-0.3, -0.25) is 14.4 Å². The quantitative estimate of drug-likeness (QED) is 0.365. The Morgan fingerprint density at radius 1 is 1.13 bits per heavy atom. The Kier molecular flexibility index (Phi) is 7.14. The van der Waals surface area contributed by atoms with Crippen LogP contribution in [0, 0.1) is 25.8 Å². The summed E-state index contributed by atoms with van der Waals surface area (Å²) in [5.74, 6) is 3.87. The molecular formula is C10H15N11O2. The molecule has 0 saturated heterocycles. The molecule has 0 radical (unpaired) electrons. The van der Waals surface area contributed by atoms with Gasteiger partial charge in [-0.25, -0.2) is 4.79 Å². The van der Waals surface area contributed by atoms with E-state index in [1.807, 2.05) is 0 Å². The molecule has 0 aliphatic carbocycles. The Bertz CT molecular complexity index is 762. The maximum atomic E-state index is 10.0. The van der Waals surface area contributed by atoms with Crippen molar-refractivity contribution >= 4 is 5.95 Å². The summed E-state index contributed by atoms with van der Waals surface area (Å²) >= 11 is 0. The first kappa shape index (κ1) is 17.5. The highest BCUT2D eigenvalue weighted by atomic mass is 16.5. The van der Waals surface area contributed by atoms with Crippen molar-refractivity contribution < 1.29 is 4.52 Å². The van der Waals surface area contributed by atoms with E-state index in [0.29, 0.717) is 17.6 Å². The minimum atomic E-state index is -0.502. The second kappa shape index (κ2) is 9.39. The minimum Gasteiger partial charge on any atom is -0.296 e. The number of hydrogen-bond acceptors (Lipinski definition) is 10. The second-order valence-electron chi connectivity index (χ2n) is 3.77. The van der Waals surface area contributed by atoms with Gasteiger partial charge in [0.15, 0.2) is 5.82 Å².